The van der Waals surface area contributed by atoms with Gasteiger partial charge in [-0.2, -0.15) is 0 Å². The number of aromatic nitrogens is 3. The van der Waals surface area contributed by atoms with Crippen LogP contribution in [0, 0.1) is 17.8 Å². The summed E-state index contributed by atoms with van der Waals surface area (Å²) in [5.74, 6) is 2.48. The molecule has 1 aromatic rings. The minimum Gasteiger partial charge on any atom is -0.309 e. The Morgan fingerprint density at radius 3 is 2.43 bits per heavy atom. The Morgan fingerprint density at radius 1 is 1.19 bits per heavy atom. The Kier molecular flexibility index (Phi) is 6.22. The van der Waals surface area contributed by atoms with E-state index in [-0.39, 0.29) is 0 Å². The molecule has 0 radical (unpaired) electrons. The van der Waals surface area contributed by atoms with Gasteiger partial charge < -0.3 is 5.32 Å². The Morgan fingerprint density at radius 2 is 1.86 bits per heavy atom. The molecule has 1 aromatic heterocycles. The second-order valence-electron chi connectivity index (χ2n) is 6.84. The zero-order valence-corrected chi connectivity index (χ0v) is 14.2. The summed E-state index contributed by atoms with van der Waals surface area (Å²) < 4.78 is 2.10. The van der Waals surface area contributed by atoms with E-state index in [4.69, 9.17) is 0 Å². The van der Waals surface area contributed by atoms with Crippen molar-refractivity contribution in [1.29, 1.82) is 0 Å². The van der Waals surface area contributed by atoms with Crippen molar-refractivity contribution in [3.8, 4) is 0 Å². The zero-order chi connectivity index (χ0) is 15.2. The fraction of sp³-hybridized carbons (Fsp3) is 0.882. The van der Waals surface area contributed by atoms with E-state index in [1.807, 2.05) is 6.20 Å². The third-order valence-corrected chi connectivity index (χ3v) is 5.06. The van der Waals surface area contributed by atoms with Crippen LogP contribution in [-0.4, -0.2) is 21.5 Å². The molecule has 1 unspecified atom stereocenters. The smallest absolute Gasteiger partial charge is 0.0759 e. The summed E-state index contributed by atoms with van der Waals surface area (Å²) in [6, 6.07) is 0.421. The Labute approximate surface area is 129 Å². The largest absolute Gasteiger partial charge is 0.309 e. The lowest BCUT2D eigenvalue weighted by atomic mass is 9.74. The average molecular weight is 292 g/mol. The number of nitrogens with zero attached hydrogens (tertiary/aromatic N) is 3. The van der Waals surface area contributed by atoms with Crippen molar-refractivity contribution in [2.24, 2.45) is 17.8 Å². The number of hydrogen-bond acceptors (Lipinski definition) is 3. The van der Waals surface area contributed by atoms with Gasteiger partial charge in [-0.3, -0.25) is 0 Å². The molecule has 0 amide bonds. The van der Waals surface area contributed by atoms with Gasteiger partial charge in [0.05, 0.1) is 17.9 Å². The maximum Gasteiger partial charge on any atom is 0.0759 e. The van der Waals surface area contributed by atoms with Gasteiger partial charge in [-0.1, -0.05) is 32.9 Å². The summed E-state index contributed by atoms with van der Waals surface area (Å²) in [5.41, 5.74) is 1.28. The maximum absolute atomic E-state index is 4.27. The van der Waals surface area contributed by atoms with Crippen LogP contribution in [0.3, 0.4) is 0 Å². The van der Waals surface area contributed by atoms with Crippen molar-refractivity contribution in [2.45, 2.75) is 72.4 Å². The van der Waals surface area contributed by atoms with Crippen LogP contribution in [-0.2, 0) is 6.54 Å². The van der Waals surface area contributed by atoms with E-state index in [1.165, 1.54) is 31.4 Å². The van der Waals surface area contributed by atoms with Crippen LogP contribution in [0.5, 0.6) is 0 Å². The van der Waals surface area contributed by atoms with Gasteiger partial charge >= 0.3 is 0 Å². The molecule has 120 valence electrons. The van der Waals surface area contributed by atoms with E-state index < -0.39 is 0 Å². The minimum atomic E-state index is 0.421. The minimum absolute atomic E-state index is 0.421. The van der Waals surface area contributed by atoms with Crippen LogP contribution < -0.4 is 5.32 Å². The summed E-state index contributed by atoms with van der Waals surface area (Å²) in [6.07, 6.45) is 8.49. The molecule has 4 nitrogen and oxygen atoms in total. The fourth-order valence-corrected chi connectivity index (χ4v) is 3.77. The molecule has 1 aliphatic carbocycles. The van der Waals surface area contributed by atoms with Crippen LogP contribution in [0.15, 0.2) is 6.20 Å². The van der Waals surface area contributed by atoms with E-state index in [0.29, 0.717) is 6.04 Å². The number of rotatable bonds is 7. The highest BCUT2D eigenvalue weighted by atomic mass is 15.4. The molecule has 21 heavy (non-hydrogen) atoms. The summed E-state index contributed by atoms with van der Waals surface area (Å²) in [5, 5.41) is 12.1. The molecule has 0 aliphatic heterocycles. The van der Waals surface area contributed by atoms with Gasteiger partial charge in [0.1, 0.15) is 0 Å². The lowest BCUT2D eigenvalue weighted by molar-refractivity contribution is 0.185. The molecule has 0 aromatic carbocycles. The average Bonchev–Trinajstić information content (AvgIpc) is 2.93. The number of aryl methyl sites for hydroxylation is 1. The highest BCUT2D eigenvalue weighted by molar-refractivity contribution is 5.05. The molecule has 2 rings (SSSR count). The SMILES string of the molecule is CCCn1nncc1C(NCC)C1CCC(C(C)C)CC1. The molecule has 1 fully saturated rings. The van der Waals surface area contributed by atoms with Crippen LogP contribution in [0.1, 0.15) is 71.5 Å². The van der Waals surface area contributed by atoms with E-state index >= 15 is 0 Å². The van der Waals surface area contributed by atoms with Crippen molar-refractivity contribution in [1.82, 2.24) is 20.3 Å². The van der Waals surface area contributed by atoms with Crippen LogP contribution in [0.4, 0.5) is 0 Å². The first kappa shape index (κ1) is 16.5. The lowest BCUT2D eigenvalue weighted by Gasteiger charge is -2.35. The third-order valence-electron chi connectivity index (χ3n) is 5.06. The van der Waals surface area contributed by atoms with Crippen molar-refractivity contribution in [2.75, 3.05) is 6.54 Å². The van der Waals surface area contributed by atoms with Crippen molar-refractivity contribution in [3.63, 3.8) is 0 Å². The Balaban J connectivity index is 2.07. The van der Waals surface area contributed by atoms with Crippen LogP contribution in [0.2, 0.25) is 0 Å². The second-order valence-corrected chi connectivity index (χ2v) is 6.84. The summed E-state index contributed by atoms with van der Waals surface area (Å²) in [4.78, 5) is 0. The standard InChI is InChI=1S/C17H32N4/c1-5-11-21-16(12-19-20-21)17(18-6-2)15-9-7-14(8-10-15)13(3)4/h12-15,17-18H,5-11H2,1-4H3. The first-order chi connectivity index (χ1) is 10.2. The quantitative estimate of drug-likeness (QED) is 0.831. The zero-order valence-electron chi connectivity index (χ0n) is 14.2. The lowest BCUT2D eigenvalue weighted by Crippen LogP contribution is -2.33. The molecule has 0 saturated heterocycles. The van der Waals surface area contributed by atoms with Gasteiger partial charge in [0, 0.05) is 6.54 Å². The van der Waals surface area contributed by atoms with E-state index in [0.717, 1.165) is 37.3 Å². The second kappa shape index (κ2) is 7.92. The first-order valence-corrected chi connectivity index (χ1v) is 8.79. The third kappa shape index (κ3) is 4.06. The van der Waals surface area contributed by atoms with Crippen LogP contribution in [0.25, 0.3) is 0 Å². The van der Waals surface area contributed by atoms with E-state index in [1.54, 1.807) is 0 Å². The maximum atomic E-state index is 4.27. The molecule has 1 N–H and O–H groups in total. The van der Waals surface area contributed by atoms with Gasteiger partial charge in [0.2, 0.25) is 0 Å². The summed E-state index contributed by atoms with van der Waals surface area (Å²) in [7, 11) is 0. The van der Waals surface area contributed by atoms with Gasteiger partial charge in [0.15, 0.2) is 0 Å². The summed E-state index contributed by atoms with van der Waals surface area (Å²) >= 11 is 0. The van der Waals surface area contributed by atoms with Gasteiger partial charge in [0.25, 0.3) is 0 Å². The molecule has 1 heterocycles. The molecule has 1 atom stereocenters. The number of nitrogens with one attached hydrogen (secondary N) is 1. The molecule has 1 aliphatic rings. The first-order valence-electron chi connectivity index (χ1n) is 8.79. The van der Waals surface area contributed by atoms with Gasteiger partial charge in [-0.15, -0.1) is 5.10 Å². The predicted molar refractivity (Wildman–Crippen MR) is 87.0 cm³/mol. The molecular weight excluding hydrogens is 260 g/mol. The van der Waals surface area contributed by atoms with Crippen molar-refractivity contribution >= 4 is 0 Å². The predicted octanol–water partition coefficient (Wildman–Crippen LogP) is 3.80. The van der Waals surface area contributed by atoms with E-state index in [9.17, 15) is 0 Å². The Hall–Kier alpha value is -0.900. The molecule has 0 spiro atoms. The highest BCUT2D eigenvalue weighted by Crippen LogP contribution is 2.39. The van der Waals surface area contributed by atoms with Crippen molar-refractivity contribution < 1.29 is 0 Å². The summed E-state index contributed by atoms with van der Waals surface area (Å²) in [6.45, 7) is 11.1. The molecule has 4 heteroatoms. The number of hydrogen-bond donors (Lipinski definition) is 1. The fourth-order valence-electron chi connectivity index (χ4n) is 3.77. The molecule has 0 bridgehead atoms. The van der Waals surface area contributed by atoms with Gasteiger partial charge in [-0.25, -0.2) is 4.68 Å². The molecular formula is C17H32N4. The topological polar surface area (TPSA) is 42.7 Å². The highest BCUT2D eigenvalue weighted by Gasteiger charge is 2.31. The normalized spacial score (nSPS) is 24.4. The Bertz CT molecular complexity index is 405. The van der Waals surface area contributed by atoms with Crippen molar-refractivity contribution in [3.05, 3.63) is 11.9 Å². The van der Waals surface area contributed by atoms with E-state index in [2.05, 4.69) is 48.0 Å². The monoisotopic (exact) mass is 292 g/mol. The van der Waals surface area contributed by atoms with Gasteiger partial charge in [-0.05, 0) is 56.4 Å². The molecule has 1 saturated carbocycles. The van der Waals surface area contributed by atoms with Crippen LogP contribution >= 0.6 is 0 Å².